The number of ether oxygens (including phenoxy) is 1. The molecule has 1 saturated heterocycles. The minimum Gasteiger partial charge on any atom is -0.369 e. The van der Waals surface area contributed by atoms with Gasteiger partial charge < -0.3 is 10.1 Å². The highest BCUT2D eigenvalue weighted by Gasteiger charge is 2.18. The average molecular weight is 233 g/mol. The Morgan fingerprint density at radius 2 is 2.12 bits per heavy atom. The highest BCUT2D eigenvalue weighted by molar-refractivity contribution is 5.94. The van der Waals surface area contributed by atoms with E-state index in [0.29, 0.717) is 12.2 Å². The molecule has 1 heterocycles. The summed E-state index contributed by atoms with van der Waals surface area (Å²) in [6.07, 6.45) is 0.726. The molecule has 4 heteroatoms. The summed E-state index contributed by atoms with van der Waals surface area (Å²) < 4.78 is 5.16. The number of Topliss-reactive ketones (excluding diaryl/α,β-unsaturated/α-hetero) is 1. The second-order valence-corrected chi connectivity index (χ2v) is 4.24. The van der Waals surface area contributed by atoms with Gasteiger partial charge in [-0.2, -0.15) is 0 Å². The Bertz CT molecular complexity index is 425. The first kappa shape index (κ1) is 11.8. The summed E-state index contributed by atoms with van der Waals surface area (Å²) >= 11 is 0. The van der Waals surface area contributed by atoms with E-state index in [2.05, 4.69) is 5.32 Å². The number of morpholine rings is 1. The first-order valence-electron chi connectivity index (χ1n) is 5.62. The number of amides is 1. The summed E-state index contributed by atoms with van der Waals surface area (Å²) in [5.74, 6) is -0.00698. The Labute approximate surface area is 100.0 Å². The Balaban J connectivity index is 1.98. The molecule has 1 amide bonds. The summed E-state index contributed by atoms with van der Waals surface area (Å²) in [7, 11) is 0. The van der Waals surface area contributed by atoms with E-state index in [-0.39, 0.29) is 24.3 Å². The van der Waals surface area contributed by atoms with Gasteiger partial charge in [-0.25, -0.2) is 0 Å². The minimum atomic E-state index is -0.0680. The molecule has 0 radical (unpaired) electrons. The molecule has 0 spiro atoms. The third kappa shape index (κ3) is 3.14. The van der Waals surface area contributed by atoms with E-state index in [0.717, 1.165) is 12.0 Å². The monoisotopic (exact) mass is 233 g/mol. The van der Waals surface area contributed by atoms with Crippen LogP contribution >= 0.6 is 0 Å². The summed E-state index contributed by atoms with van der Waals surface area (Å²) in [6, 6.07) is 7.47. The van der Waals surface area contributed by atoms with Gasteiger partial charge in [-0.15, -0.1) is 0 Å². The number of ketones is 1. The first-order valence-corrected chi connectivity index (χ1v) is 5.62. The van der Waals surface area contributed by atoms with Crippen molar-refractivity contribution >= 4 is 11.7 Å². The molecular weight excluding hydrogens is 218 g/mol. The number of hydrogen-bond acceptors (Lipinski definition) is 3. The molecule has 0 bridgehead atoms. The molecule has 90 valence electrons. The van der Waals surface area contributed by atoms with Crippen LogP contribution in [0.2, 0.25) is 0 Å². The smallest absolute Gasteiger partial charge is 0.246 e. The van der Waals surface area contributed by atoms with Crippen molar-refractivity contribution in [1.29, 1.82) is 0 Å². The maximum Gasteiger partial charge on any atom is 0.246 e. The fourth-order valence-corrected chi connectivity index (χ4v) is 1.87. The van der Waals surface area contributed by atoms with Gasteiger partial charge in [0.05, 0.1) is 12.6 Å². The lowest BCUT2D eigenvalue weighted by atomic mass is 10.0. The van der Waals surface area contributed by atoms with Crippen LogP contribution < -0.4 is 5.32 Å². The first-order chi connectivity index (χ1) is 8.15. The van der Waals surface area contributed by atoms with Crippen molar-refractivity contribution in [2.75, 3.05) is 13.2 Å². The number of carbonyl (C=O) groups excluding carboxylic acids is 2. The van der Waals surface area contributed by atoms with Gasteiger partial charge in [0.25, 0.3) is 0 Å². The maximum absolute atomic E-state index is 11.1. The number of benzene rings is 1. The van der Waals surface area contributed by atoms with E-state index in [1.54, 1.807) is 6.92 Å². The fraction of sp³-hybridized carbons (Fsp3) is 0.385. The Morgan fingerprint density at radius 3 is 2.71 bits per heavy atom. The molecule has 1 aromatic rings. The SMILES string of the molecule is CC(=O)c1ccc(CC2COCC(=O)N2)cc1. The Hall–Kier alpha value is -1.68. The van der Waals surface area contributed by atoms with Crippen molar-refractivity contribution in [3.8, 4) is 0 Å². The third-order valence-electron chi connectivity index (χ3n) is 2.76. The van der Waals surface area contributed by atoms with Crippen LogP contribution in [0.1, 0.15) is 22.8 Å². The van der Waals surface area contributed by atoms with Crippen molar-refractivity contribution < 1.29 is 14.3 Å². The molecular formula is C13H15NO3. The number of nitrogens with one attached hydrogen (secondary N) is 1. The Morgan fingerprint density at radius 1 is 1.41 bits per heavy atom. The highest BCUT2D eigenvalue weighted by atomic mass is 16.5. The standard InChI is InChI=1S/C13H15NO3/c1-9(15)11-4-2-10(3-5-11)6-12-7-17-8-13(16)14-12/h2-5,12H,6-8H2,1H3,(H,14,16). The van der Waals surface area contributed by atoms with Crippen LogP contribution in [0.3, 0.4) is 0 Å². The second-order valence-electron chi connectivity index (χ2n) is 4.24. The molecule has 1 aromatic carbocycles. The normalized spacial score (nSPS) is 19.8. The van der Waals surface area contributed by atoms with Crippen LogP contribution in [0.5, 0.6) is 0 Å². The van der Waals surface area contributed by atoms with Gasteiger partial charge in [0.2, 0.25) is 5.91 Å². The lowest BCUT2D eigenvalue weighted by Crippen LogP contribution is -2.46. The zero-order chi connectivity index (χ0) is 12.3. The summed E-state index contributed by atoms with van der Waals surface area (Å²) in [5.41, 5.74) is 1.79. The topological polar surface area (TPSA) is 55.4 Å². The van der Waals surface area contributed by atoms with Gasteiger partial charge in [0, 0.05) is 5.56 Å². The van der Waals surface area contributed by atoms with Crippen LogP contribution in [0.25, 0.3) is 0 Å². The number of rotatable bonds is 3. The summed E-state index contributed by atoms with van der Waals surface area (Å²) in [4.78, 5) is 22.2. The minimum absolute atomic E-state index is 0.0272. The second kappa shape index (κ2) is 5.10. The molecule has 1 aliphatic heterocycles. The van der Waals surface area contributed by atoms with Gasteiger partial charge in [-0.3, -0.25) is 9.59 Å². The molecule has 0 aromatic heterocycles. The van der Waals surface area contributed by atoms with Crippen molar-refractivity contribution in [3.63, 3.8) is 0 Å². The molecule has 0 saturated carbocycles. The van der Waals surface area contributed by atoms with Gasteiger partial charge >= 0.3 is 0 Å². The van der Waals surface area contributed by atoms with Gasteiger partial charge in [0.15, 0.2) is 5.78 Å². The molecule has 17 heavy (non-hydrogen) atoms. The van der Waals surface area contributed by atoms with Crippen molar-refractivity contribution in [2.45, 2.75) is 19.4 Å². The maximum atomic E-state index is 11.1. The third-order valence-corrected chi connectivity index (χ3v) is 2.76. The van der Waals surface area contributed by atoms with Gasteiger partial charge in [0.1, 0.15) is 6.61 Å². The number of hydrogen-bond donors (Lipinski definition) is 1. The van der Waals surface area contributed by atoms with Gasteiger partial charge in [-0.1, -0.05) is 24.3 Å². The molecule has 1 N–H and O–H groups in total. The van der Waals surface area contributed by atoms with Crippen molar-refractivity contribution in [3.05, 3.63) is 35.4 Å². The van der Waals surface area contributed by atoms with E-state index in [1.807, 2.05) is 24.3 Å². The lowest BCUT2D eigenvalue weighted by Gasteiger charge is -2.23. The van der Waals surface area contributed by atoms with E-state index in [1.165, 1.54) is 0 Å². The molecule has 1 aliphatic rings. The largest absolute Gasteiger partial charge is 0.369 e. The molecule has 4 nitrogen and oxygen atoms in total. The molecule has 1 unspecified atom stereocenters. The average Bonchev–Trinajstić information content (AvgIpc) is 2.29. The summed E-state index contributed by atoms with van der Waals surface area (Å²) in [6.45, 7) is 2.24. The lowest BCUT2D eigenvalue weighted by molar-refractivity contribution is -0.131. The molecule has 1 fully saturated rings. The van der Waals surface area contributed by atoms with Gasteiger partial charge in [-0.05, 0) is 18.9 Å². The van der Waals surface area contributed by atoms with E-state index >= 15 is 0 Å². The van der Waals surface area contributed by atoms with Crippen LogP contribution in [0, 0.1) is 0 Å². The Kier molecular flexibility index (Phi) is 3.54. The van der Waals surface area contributed by atoms with Crippen LogP contribution in [0.4, 0.5) is 0 Å². The zero-order valence-electron chi connectivity index (χ0n) is 9.73. The van der Waals surface area contributed by atoms with E-state index in [9.17, 15) is 9.59 Å². The number of carbonyl (C=O) groups is 2. The predicted octanol–water partition coefficient (Wildman–Crippen LogP) is 0.947. The predicted molar refractivity (Wildman–Crippen MR) is 62.9 cm³/mol. The van der Waals surface area contributed by atoms with Crippen LogP contribution in [0.15, 0.2) is 24.3 Å². The fourth-order valence-electron chi connectivity index (χ4n) is 1.87. The molecule has 1 atom stereocenters. The highest BCUT2D eigenvalue weighted by Crippen LogP contribution is 2.09. The van der Waals surface area contributed by atoms with Crippen LogP contribution in [-0.4, -0.2) is 30.9 Å². The molecule has 2 rings (SSSR count). The van der Waals surface area contributed by atoms with E-state index < -0.39 is 0 Å². The van der Waals surface area contributed by atoms with Crippen LogP contribution in [-0.2, 0) is 16.0 Å². The van der Waals surface area contributed by atoms with Crippen molar-refractivity contribution in [2.24, 2.45) is 0 Å². The molecule has 0 aliphatic carbocycles. The van der Waals surface area contributed by atoms with Crippen molar-refractivity contribution in [1.82, 2.24) is 5.32 Å². The quantitative estimate of drug-likeness (QED) is 0.791. The summed E-state index contributed by atoms with van der Waals surface area (Å²) in [5, 5.41) is 2.87. The zero-order valence-corrected chi connectivity index (χ0v) is 9.73. The van der Waals surface area contributed by atoms with E-state index in [4.69, 9.17) is 4.74 Å².